The zero-order valence-corrected chi connectivity index (χ0v) is 13.0. The molecule has 1 unspecified atom stereocenters. The van der Waals surface area contributed by atoms with Gasteiger partial charge in [-0.1, -0.05) is 43.3 Å². The number of anilines is 2. The fraction of sp³-hybridized carbons (Fsp3) is 0.467. The van der Waals surface area contributed by atoms with Crippen LogP contribution in [0.2, 0.25) is 0 Å². The first-order chi connectivity index (χ1) is 9.69. The fourth-order valence-electron chi connectivity index (χ4n) is 2.30. The molecule has 2 heterocycles. The van der Waals surface area contributed by atoms with Gasteiger partial charge in [0.15, 0.2) is 5.16 Å². The Morgan fingerprint density at radius 2 is 1.95 bits per heavy atom. The minimum atomic E-state index is 0.580. The molecule has 20 heavy (non-hydrogen) atoms. The topological polar surface area (TPSA) is 34.0 Å². The van der Waals surface area contributed by atoms with Gasteiger partial charge >= 0.3 is 0 Å². The van der Waals surface area contributed by atoms with Crippen molar-refractivity contribution < 1.29 is 0 Å². The molecule has 5 heteroatoms. The first-order valence-electron chi connectivity index (χ1n) is 7.13. The second kappa shape index (κ2) is 5.48. The van der Waals surface area contributed by atoms with Gasteiger partial charge in [-0.05, 0) is 25.5 Å². The zero-order chi connectivity index (χ0) is 14.1. The van der Waals surface area contributed by atoms with Crippen LogP contribution in [-0.4, -0.2) is 26.6 Å². The Kier molecular flexibility index (Phi) is 3.70. The molecule has 1 aromatic carbocycles. The molecule has 106 valence electrons. The number of rotatable bonds is 4. The van der Waals surface area contributed by atoms with Crippen LogP contribution in [0.25, 0.3) is 0 Å². The third-order valence-electron chi connectivity index (χ3n) is 3.71. The number of hydrogen-bond donors (Lipinski definition) is 0. The molecule has 1 aliphatic rings. The second-order valence-electron chi connectivity index (χ2n) is 5.26. The molecule has 0 radical (unpaired) electrons. The van der Waals surface area contributed by atoms with Gasteiger partial charge in [-0.2, -0.15) is 0 Å². The minimum absolute atomic E-state index is 0.580. The van der Waals surface area contributed by atoms with Crippen molar-refractivity contribution >= 4 is 23.4 Å². The van der Waals surface area contributed by atoms with Gasteiger partial charge in [0.05, 0.1) is 0 Å². The third-order valence-corrected chi connectivity index (χ3v) is 4.96. The predicted molar refractivity (Wildman–Crippen MR) is 83.8 cm³/mol. The molecular formula is C15H20N4S. The van der Waals surface area contributed by atoms with Crippen LogP contribution in [0, 0.1) is 6.92 Å². The van der Waals surface area contributed by atoms with Crippen molar-refractivity contribution in [3.8, 4) is 0 Å². The van der Waals surface area contributed by atoms with Crippen molar-refractivity contribution in [2.24, 2.45) is 0 Å². The highest BCUT2D eigenvalue weighted by Crippen LogP contribution is 2.33. The summed E-state index contributed by atoms with van der Waals surface area (Å²) in [5.74, 6) is 0.972. The summed E-state index contributed by atoms with van der Waals surface area (Å²) in [6, 6.07) is 8.59. The molecule has 0 aliphatic carbocycles. The maximum absolute atomic E-state index is 4.38. The number of hydrogen-bond acceptors (Lipinski definition) is 4. The lowest BCUT2D eigenvalue weighted by molar-refractivity contribution is 0.700. The van der Waals surface area contributed by atoms with Crippen LogP contribution in [0.4, 0.5) is 11.6 Å². The van der Waals surface area contributed by atoms with E-state index in [1.807, 2.05) is 11.8 Å². The van der Waals surface area contributed by atoms with Crippen molar-refractivity contribution in [3.05, 3.63) is 29.8 Å². The van der Waals surface area contributed by atoms with Gasteiger partial charge in [0.25, 0.3) is 0 Å². The van der Waals surface area contributed by atoms with Crippen molar-refractivity contribution in [1.29, 1.82) is 0 Å². The van der Waals surface area contributed by atoms with Gasteiger partial charge in [0.1, 0.15) is 0 Å². The van der Waals surface area contributed by atoms with Crippen molar-refractivity contribution in [2.75, 3.05) is 11.4 Å². The minimum Gasteiger partial charge on any atom is -0.309 e. The standard InChI is InChI=1S/C15H20N4S/c1-4-12(3)20-15-17-16-14-18(9-10-19(14)15)13-7-5-11(2)6-8-13/h5-8,12H,4,9-10H2,1-3H3. The molecule has 2 aromatic rings. The summed E-state index contributed by atoms with van der Waals surface area (Å²) in [5.41, 5.74) is 2.48. The summed E-state index contributed by atoms with van der Waals surface area (Å²) >= 11 is 1.82. The fourth-order valence-corrected chi connectivity index (χ4v) is 3.21. The Hall–Kier alpha value is -1.49. The maximum atomic E-state index is 4.38. The number of fused-ring (bicyclic) bond motifs is 1. The second-order valence-corrected chi connectivity index (χ2v) is 6.66. The Morgan fingerprint density at radius 3 is 2.65 bits per heavy atom. The SMILES string of the molecule is CCC(C)Sc1nnc2n1CCN2c1ccc(C)cc1. The van der Waals surface area contributed by atoms with Crippen LogP contribution < -0.4 is 4.90 Å². The lowest BCUT2D eigenvalue weighted by atomic mass is 10.2. The lowest BCUT2D eigenvalue weighted by Gasteiger charge is -2.15. The Balaban J connectivity index is 1.86. The molecule has 4 nitrogen and oxygen atoms in total. The van der Waals surface area contributed by atoms with Crippen molar-refractivity contribution in [3.63, 3.8) is 0 Å². The van der Waals surface area contributed by atoms with Gasteiger partial charge in [-0.25, -0.2) is 0 Å². The van der Waals surface area contributed by atoms with E-state index in [9.17, 15) is 0 Å². The molecule has 0 saturated heterocycles. The largest absolute Gasteiger partial charge is 0.309 e. The molecule has 0 amide bonds. The average molecular weight is 288 g/mol. The van der Waals surface area contributed by atoms with E-state index in [4.69, 9.17) is 0 Å². The average Bonchev–Trinajstić information content (AvgIpc) is 3.03. The van der Waals surface area contributed by atoms with Gasteiger partial charge in [-0.3, -0.25) is 4.57 Å². The zero-order valence-electron chi connectivity index (χ0n) is 12.2. The molecule has 1 aromatic heterocycles. The molecule has 3 rings (SSSR count). The van der Waals surface area contributed by atoms with Crippen LogP contribution in [0.5, 0.6) is 0 Å². The predicted octanol–water partition coefficient (Wildman–Crippen LogP) is 3.63. The van der Waals surface area contributed by atoms with E-state index in [-0.39, 0.29) is 0 Å². The number of aryl methyl sites for hydroxylation is 1. The number of thioether (sulfide) groups is 1. The molecule has 0 saturated carbocycles. The van der Waals surface area contributed by atoms with Crippen LogP contribution >= 0.6 is 11.8 Å². The molecule has 1 aliphatic heterocycles. The summed E-state index contributed by atoms with van der Waals surface area (Å²) in [4.78, 5) is 2.24. The summed E-state index contributed by atoms with van der Waals surface area (Å²) in [7, 11) is 0. The van der Waals surface area contributed by atoms with E-state index in [0.717, 1.165) is 30.6 Å². The summed E-state index contributed by atoms with van der Waals surface area (Å²) in [5, 5.41) is 10.4. The smallest absolute Gasteiger partial charge is 0.232 e. The lowest BCUT2D eigenvalue weighted by Crippen LogP contribution is -2.14. The van der Waals surface area contributed by atoms with E-state index in [2.05, 4.69) is 64.7 Å². The first-order valence-corrected chi connectivity index (χ1v) is 8.01. The molecule has 0 fully saturated rings. The summed E-state index contributed by atoms with van der Waals surface area (Å²) in [6.07, 6.45) is 1.15. The van der Waals surface area contributed by atoms with E-state index in [1.165, 1.54) is 11.3 Å². The molecular weight excluding hydrogens is 268 g/mol. The number of aromatic nitrogens is 3. The van der Waals surface area contributed by atoms with Gasteiger partial charge in [0, 0.05) is 24.0 Å². The van der Waals surface area contributed by atoms with E-state index >= 15 is 0 Å². The van der Waals surface area contributed by atoms with E-state index in [1.54, 1.807) is 0 Å². The quantitative estimate of drug-likeness (QED) is 0.805. The molecule has 0 spiro atoms. The highest BCUT2D eigenvalue weighted by Gasteiger charge is 2.26. The van der Waals surface area contributed by atoms with Gasteiger partial charge < -0.3 is 4.90 Å². The highest BCUT2D eigenvalue weighted by molar-refractivity contribution is 7.99. The van der Waals surface area contributed by atoms with E-state index in [0.29, 0.717) is 5.25 Å². The first kappa shape index (κ1) is 13.5. The Labute approximate surface area is 124 Å². The van der Waals surface area contributed by atoms with Gasteiger partial charge in [-0.15, -0.1) is 10.2 Å². The van der Waals surface area contributed by atoms with Crippen LogP contribution in [0.1, 0.15) is 25.8 Å². The molecule has 1 atom stereocenters. The highest BCUT2D eigenvalue weighted by atomic mass is 32.2. The van der Waals surface area contributed by atoms with Crippen LogP contribution in [0.3, 0.4) is 0 Å². The van der Waals surface area contributed by atoms with Crippen molar-refractivity contribution in [1.82, 2.24) is 14.8 Å². The van der Waals surface area contributed by atoms with Crippen LogP contribution in [0.15, 0.2) is 29.4 Å². The maximum Gasteiger partial charge on any atom is 0.232 e. The Bertz CT molecular complexity index is 590. The number of benzene rings is 1. The van der Waals surface area contributed by atoms with Gasteiger partial charge in [0.2, 0.25) is 5.95 Å². The molecule has 0 N–H and O–H groups in total. The number of nitrogens with zero attached hydrogens (tertiary/aromatic N) is 4. The van der Waals surface area contributed by atoms with Crippen LogP contribution in [-0.2, 0) is 6.54 Å². The molecule has 0 bridgehead atoms. The third kappa shape index (κ3) is 2.42. The monoisotopic (exact) mass is 288 g/mol. The summed E-state index contributed by atoms with van der Waals surface area (Å²) in [6.45, 7) is 8.49. The summed E-state index contributed by atoms with van der Waals surface area (Å²) < 4.78 is 2.23. The van der Waals surface area contributed by atoms with E-state index < -0.39 is 0 Å². The normalized spacial score (nSPS) is 15.4. The Morgan fingerprint density at radius 1 is 1.20 bits per heavy atom. The van der Waals surface area contributed by atoms with Crippen molar-refractivity contribution in [2.45, 2.75) is 44.1 Å².